The van der Waals surface area contributed by atoms with Crippen LogP contribution >= 0.6 is 0 Å². The zero-order valence-corrected chi connectivity index (χ0v) is 12.4. The summed E-state index contributed by atoms with van der Waals surface area (Å²) in [7, 11) is 0. The summed E-state index contributed by atoms with van der Waals surface area (Å²) in [4.78, 5) is 14.3. The predicted octanol–water partition coefficient (Wildman–Crippen LogP) is 2.57. The zero-order chi connectivity index (χ0) is 14.6. The van der Waals surface area contributed by atoms with E-state index in [1.165, 1.54) is 0 Å². The summed E-state index contributed by atoms with van der Waals surface area (Å²) in [6.45, 7) is 6.20. The molecular weight excluding hydrogens is 252 g/mol. The van der Waals surface area contributed by atoms with Gasteiger partial charge in [0.2, 0.25) is 5.91 Å². The van der Waals surface area contributed by atoms with Gasteiger partial charge in [-0.15, -0.1) is 0 Å². The highest BCUT2D eigenvalue weighted by atomic mass is 16.5. The number of nitrogens with zero attached hydrogens (tertiary/aromatic N) is 1. The summed E-state index contributed by atoms with van der Waals surface area (Å²) in [5.74, 6) is 0.971. The van der Waals surface area contributed by atoms with E-state index in [-0.39, 0.29) is 11.3 Å². The van der Waals surface area contributed by atoms with Crippen molar-refractivity contribution in [3.05, 3.63) is 24.3 Å². The molecule has 2 rings (SSSR count). The van der Waals surface area contributed by atoms with Crippen molar-refractivity contribution in [3.63, 3.8) is 0 Å². The van der Waals surface area contributed by atoms with E-state index in [1.807, 2.05) is 29.2 Å². The first-order valence-corrected chi connectivity index (χ1v) is 7.26. The number of nitrogens with two attached hydrogens (primary N) is 1. The standard InChI is InChI=1S/C16H24N2O2/c1-16(2,9-10-17)8-7-15(19)18-11-12-20-14-6-4-3-5-13(14)18/h3-6H,7-12,17H2,1-2H3. The van der Waals surface area contributed by atoms with Gasteiger partial charge in [-0.1, -0.05) is 26.0 Å². The van der Waals surface area contributed by atoms with Crippen LogP contribution in [0.4, 0.5) is 5.69 Å². The molecule has 20 heavy (non-hydrogen) atoms. The van der Waals surface area contributed by atoms with Crippen molar-refractivity contribution in [2.45, 2.75) is 33.1 Å². The van der Waals surface area contributed by atoms with Crippen LogP contribution in [0.3, 0.4) is 0 Å². The Kier molecular flexibility index (Phi) is 4.65. The largest absolute Gasteiger partial charge is 0.490 e. The van der Waals surface area contributed by atoms with Gasteiger partial charge in [-0.05, 0) is 36.9 Å². The third-order valence-corrected chi connectivity index (χ3v) is 3.87. The Hall–Kier alpha value is -1.55. The number of fused-ring (bicyclic) bond motifs is 1. The fourth-order valence-electron chi connectivity index (χ4n) is 2.52. The quantitative estimate of drug-likeness (QED) is 0.899. The third-order valence-electron chi connectivity index (χ3n) is 3.87. The molecule has 4 heteroatoms. The van der Waals surface area contributed by atoms with Crippen molar-refractivity contribution in [3.8, 4) is 5.75 Å². The molecule has 1 heterocycles. The van der Waals surface area contributed by atoms with E-state index < -0.39 is 0 Å². The van der Waals surface area contributed by atoms with Crippen molar-refractivity contribution in [1.29, 1.82) is 0 Å². The molecule has 0 saturated heterocycles. The first kappa shape index (κ1) is 14.9. The number of anilines is 1. The van der Waals surface area contributed by atoms with Gasteiger partial charge >= 0.3 is 0 Å². The van der Waals surface area contributed by atoms with Gasteiger partial charge in [-0.2, -0.15) is 0 Å². The molecule has 0 atom stereocenters. The van der Waals surface area contributed by atoms with Gasteiger partial charge in [-0.3, -0.25) is 4.79 Å². The maximum atomic E-state index is 12.5. The Morgan fingerprint density at radius 1 is 1.35 bits per heavy atom. The number of hydrogen-bond acceptors (Lipinski definition) is 3. The lowest BCUT2D eigenvalue weighted by atomic mass is 9.84. The Morgan fingerprint density at radius 2 is 2.10 bits per heavy atom. The molecule has 4 nitrogen and oxygen atoms in total. The van der Waals surface area contributed by atoms with Crippen LogP contribution in [0.5, 0.6) is 5.75 Å². The smallest absolute Gasteiger partial charge is 0.227 e. The minimum Gasteiger partial charge on any atom is -0.490 e. The monoisotopic (exact) mass is 276 g/mol. The number of rotatable bonds is 5. The lowest BCUT2D eigenvalue weighted by molar-refractivity contribution is -0.119. The summed E-state index contributed by atoms with van der Waals surface area (Å²) in [5, 5.41) is 0. The van der Waals surface area contributed by atoms with Gasteiger partial charge in [-0.25, -0.2) is 0 Å². The molecule has 1 amide bonds. The van der Waals surface area contributed by atoms with Gasteiger partial charge in [0.25, 0.3) is 0 Å². The summed E-state index contributed by atoms with van der Waals surface area (Å²) in [6, 6.07) is 7.72. The molecule has 0 bridgehead atoms. The van der Waals surface area contributed by atoms with E-state index in [9.17, 15) is 4.79 Å². The number of carbonyl (C=O) groups is 1. The number of hydrogen-bond donors (Lipinski definition) is 1. The number of para-hydroxylation sites is 2. The number of ether oxygens (including phenoxy) is 1. The lowest BCUT2D eigenvalue weighted by Gasteiger charge is -2.31. The van der Waals surface area contributed by atoms with Crippen molar-refractivity contribution >= 4 is 11.6 Å². The second-order valence-corrected chi connectivity index (χ2v) is 6.06. The summed E-state index contributed by atoms with van der Waals surface area (Å²) < 4.78 is 5.58. The molecule has 0 aliphatic carbocycles. The fraction of sp³-hybridized carbons (Fsp3) is 0.562. The highest BCUT2D eigenvalue weighted by Gasteiger charge is 2.25. The van der Waals surface area contributed by atoms with Crippen LogP contribution < -0.4 is 15.4 Å². The van der Waals surface area contributed by atoms with Gasteiger partial charge < -0.3 is 15.4 Å². The molecule has 0 aromatic heterocycles. The third kappa shape index (κ3) is 3.51. The van der Waals surface area contributed by atoms with Gasteiger partial charge in [0.15, 0.2) is 0 Å². The summed E-state index contributed by atoms with van der Waals surface area (Å²) >= 11 is 0. The van der Waals surface area contributed by atoms with Crippen molar-refractivity contribution in [2.24, 2.45) is 11.1 Å². The van der Waals surface area contributed by atoms with E-state index >= 15 is 0 Å². The first-order chi connectivity index (χ1) is 9.53. The molecule has 1 aromatic rings. The van der Waals surface area contributed by atoms with Crippen LogP contribution in [-0.4, -0.2) is 25.6 Å². The van der Waals surface area contributed by atoms with Crippen LogP contribution in [0.15, 0.2) is 24.3 Å². The van der Waals surface area contributed by atoms with Crippen LogP contribution in [0.1, 0.15) is 33.1 Å². The van der Waals surface area contributed by atoms with E-state index in [0.717, 1.165) is 24.3 Å². The number of amides is 1. The predicted molar refractivity (Wildman–Crippen MR) is 81.0 cm³/mol. The van der Waals surface area contributed by atoms with E-state index in [0.29, 0.717) is 26.1 Å². The maximum absolute atomic E-state index is 12.5. The Balaban J connectivity index is 2.01. The van der Waals surface area contributed by atoms with Crippen molar-refractivity contribution in [1.82, 2.24) is 0 Å². The van der Waals surface area contributed by atoms with E-state index in [1.54, 1.807) is 0 Å². The van der Waals surface area contributed by atoms with Crippen LogP contribution in [-0.2, 0) is 4.79 Å². The number of benzene rings is 1. The molecule has 1 aliphatic heterocycles. The average molecular weight is 276 g/mol. The molecular formula is C16H24N2O2. The molecule has 0 fully saturated rings. The topological polar surface area (TPSA) is 55.6 Å². The lowest BCUT2D eigenvalue weighted by Crippen LogP contribution is -2.38. The molecule has 0 radical (unpaired) electrons. The van der Waals surface area contributed by atoms with Crippen LogP contribution in [0.2, 0.25) is 0 Å². The molecule has 1 aromatic carbocycles. The Morgan fingerprint density at radius 3 is 2.85 bits per heavy atom. The SMILES string of the molecule is CC(C)(CCN)CCC(=O)N1CCOc2ccccc21. The summed E-state index contributed by atoms with van der Waals surface area (Å²) in [5.41, 5.74) is 6.63. The second-order valence-electron chi connectivity index (χ2n) is 6.06. The van der Waals surface area contributed by atoms with Gasteiger partial charge in [0.1, 0.15) is 12.4 Å². The minimum atomic E-state index is 0.121. The molecule has 0 spiro atoms. The molecule has 110 valence electrons. The zero-order valence-electron chi connectivity index (χ0n) is 12.4. The van der Waals surface area contributed by atoms with Crippen molar-refractivity contribution in [2.75, 3.05) is 24.6 Å². The van der Waals surface area contributed by atoms with Gasteiger partial charge in [0, 0.05) is 6.42 Å². The van der Waals surface area contributed by atoms with Crippen LogP contribution in [0, 0.1) is 5.41 Å². The Bertz CT molecular complexity index is 471. The highest BCUT2D eigenvalue weighted by Crippen LogP contribution is 2.32. The maximum Gasteiger partial charge on any atom is 0.227 e. The van der Waals surface area contributed by atoms with E-state index in [4.69, 9.17) is 10.5 Å². The molecule has 0 unspecified atom stereocenters. The van der Waals surface area contributed by atoms with E-state index in [2.05, 4.69) is 13.8 Å². The molecule has 2 N–H and O–H groups in total. The van der Waals surface area contributed by atoms with Gasteiger partial charge in [0.05, 0.1) is 12.2 Å². The highest BCUT2D eigenvalue weighted by molar-refractivity contribution is 5.95. The average Bonchev–Trinajstić information content (AvgIpc) is 2.44. The second kappa shape index (κ2) is 6.27. The first-order valence-electron chi connectivity index (χ1n) is 7.26. The Labute approximate surface area is 120 Å². The molecule has 1 aliphatic rings. The minimum absolute atomic E-state index is 0.121. The van der Waals surface area contributed by atoms with Crippen LogP contribution in [0.25, 0.3) is 0 Å². The van der Waals surface area contributed by atoms with Crippen molar-refractivity contribution < 1.29 is 9.53 Å². The summed E-state index contributed by atoms with van der Waals surface area (Å²) in [6.07, 6.45) is 2.36. The fourth-order valence-corrected chi connectivity index (χ4v) is 2.52. The number of carbonyl (C=O) groups excluding carboxylic acids is 1. The normalized spacial score (nSPS) is 14.7. The molecule has 0 saturated carbocycles.